The molecule has 2 saturated carbocycles. The number of rotatable bonds is 8. The van der Waals surface area contributed by atoms with Gasteiger partial charge in [0.15, 0.2) is 5.96 Å². The molecule has 150 valence electrons. The van der Waals surface area contributed by atoms with Crippen molar-refractivity contribution in [3.05, 3.63) is 29.8 Å². The van der Waals surface area contributed by atoms with Gasteiger partial charge in [-0.1, -0.05) is 18.2 Å². The average Bonchev–Trinajstić information content (AvgIpc) is 3.51. The Kier molecular flexibility index (Phi) is 6.14. The molecule has 0 heterocycles. The highest BCUT2D eigenvalue weighted by Crippen LogP contribution is 2.45. The molecule has 5 nitrogen and oxygen atoms in total. The summed E-state index contributed by atoms with van der Waals surface area (Å²) in [6.07, 6.45) is -1.42. The normalized spacial score (nSPS) is 22.5. The molecule has 1 aromatic rings. The number of para-hydroxylation sites is 1. The van der Waals surface area contributed by atoms with Crippen LogP contribution < -0.4 is 10.1 Å². The van der Waals surface area contributed by atoms with E-state index in [1.54, 1.807) is 25.2 Å². The van der Waals surface area contributed by atoms with Gasteiger partial charge in [-0.3, -0.25) is 4.99 Å². The number of likely N-dealkylation sites (N-methyl/N-ethyl adjacent to an activating group) is 1. The van der Waals surface area contributed by atoms with Crippen molar-refractivity contribution >= 4 is 5.96 Å². The zero-order chi connectivity index (χ0) is 19.4. The summed E-state index contributed by atoms with van der Waals surface area (Å²) in [6, 6.07) is 6.36. The molecular formula is C19H26F3N3O2. The molecule has 2 aliphatic carbocycles. The van der Waals surface area contributed by atoms with E-state index in [0.717, 1.165) is 18.9 Å². The molecule has 27 heavy (non-hydrogen) atoms. The first-order chi connectivity index (χ1) is 12.9. The van der Waals surface area contributed by atoms with Crippen LogP contribution in [0.4, 0.5) is 13.2 Å². The Morgan fingerprint density at radius 1 is 1.30 bits per heavy atom. The van der Waals surface area contributed by atoms with E-state index in [1.807, 2.05) is 11.9 Å². The van der Waals surface area contributed by atoms with Crippen LogP contribution in [0.25, 0.3) is 0 Å². The van der Waals surface area contributed by atoms with Gasteiger partial charge in [0.05, 0.1) is 6.61 Å². The fourth-order valence-electron chi connectivity index (χ4n) is 3.06. The Labute approximate surface area is 157 Å². The van der Waals surface area contributed by atoms with Crippen LogP contribution in [0.3, 0.4) is 0 Å². The van der Waals surface area contributed by atoms with Crippen LogP contribution in [-0.2, 0) is 4.74 Å². The van der Waals surface area contributed by atoms with E-state index in [1.165, 1.54) is 18.9 Å². The Bertz CT molecular complexity index is 662. The summed E-state index contributed by atoms with van der Waals surface area (Å²) in [7, 11) is 3.62. The minimum Gasteiger partial charge on any atom is -0.405 e. The minimum absolute atomic E-state index is 0.0279. The number of halogens is 3. The number of aliphatic imine (C=N–C) groups is 1. The summed E-state index contributed by atoms with van der Waals surface area (Å²) in [4.78, 5) is 6.24. The Balaban J connectivity index is 1.50. The molecule has 0 bridgehead atoms. The van der Waals surface area contributed by atoms with Crippen molar-refractivity contribution in [3.8, 4) is 5.75 Å². The molecule has 0 aromatic heterocycles. The van der Waals surface area contributed by atoms with Crippen molar-refractivity contribution in [3.63, 3.8) is 0 Å². The van der Waals surface area contributed by atoms with Gasteiger partial charge < -0.3 is 19.7 Å². The first-order valence-electron chi connectivity index (χ1n) is 9.24. The average molecular weight is 385 g/mol. The van der Waals surface area contributed by atoms with Crippen LogP contribution in [0.1, 0.15) is 30.7 Å². The smallest absolute Gasteiger partial charge is 0.405 e. The highest BCUT2D eigenvalue weighted by Gasteiger charge is 2.42. The van der Waals surface area contributed by atoms with E-state index in [4.69, 9.17) is 4.74 Å². The summed E-state index contributed by atoms with van der Waals surface area (Å²) >= 11 is 0. The molecule has 0 aliphatic heterocycles. The molecule has 8 heteroatoms. The van der Waals surface area contributed by atoms with Crippen molar-refractivity contribution in [2.45, 2.75) is 37.6 Å². The second-order valence-electron chi connectivity index (χ2n) is 7.17. The van der Waals surface area contributed by atoms with Crippen molar-refractivity contribution in [2.75, 3.05) is 33.9 Å². The van der Waals surface area contributed by atoms with Gasteiger partial charge in [0.25, 0.3) is 0 Å². The third kappa shape index (κ3) is 6.02. The van der Waals surface area contributed by atoms with Gasteiger partial charge in [-0.25, -0.2) is 0 Å². The standard InChI is InChI=1S/C19H26F3N3O2/c1-23-18(25(2)9-10-26-12-13-7-8-13)24-16-11-15(16)14-5-3-4-6-17(14)27-19(20,21)22/h3-6,13,15-16H,7-12H2,1-2H3,(H,23,24). The van der Waals surface area contributed by atoms with Crippen LogP contribution in [0, 0.1) is 5.92 Å². The van der Waals surface area contributed by atoms with E-state index in [-0.39, 0.29) is 17.7 Å². The third-order valence-corrected chi connectivity index (χ3v) is 4.84. The predicted octanol–water partition coefficient (Wildman–Crippen LogP) is 3.37. The van der Waals surface area contributed by atoms with Crippen molar-refractivity contribution in [1.82, 2.24) is 10.2 Å². The van der Waals surface area contributed by atoms with Crippen molar-refractivity contribution in [2.24, 2.45) is 10.9 Å². The van der Waals surface area contributed by atoms with Gasteiger partial charge in [-0.2, -0.15) is 0 Å². The summed E-state index contributed by atoms with van der Waals surface area (Å²) in [5, 5.41) is 3.32. The van der Waals surface area contributed by atoms with E-state index in [2.05, 4.69) is 15.0 Å². The number of nitrogens with one attached hydrogen (secondary N) is 1. The van der Waals surface area contributed by atoms with Crippen LogP contribution in [-0.4, -0.2) is 57.1 Å². The summed E-state index contributed by atoms with van der Waals surface area (Å²) in [6.45, 7) is 2.15. The fraction of sp³-hybridized carbons (Fsp3) is 0.632. The first kappa shape index (κ1) is 19.8. The van der Waals surface area contributed by atoms with E-state index in [0.29, 0.717) is 24.7 Å². The SMILES string of the molecule is CN=C(NC1CC1c1ccccc1OC(F)(F)F)N(C)CCOCC1CC1. The summed E-state index contributed by atoms with van der Waals surface area (Å²) in [5.41, 5.74) is 0.568. The number of hydrogen-bond acceptors (Lipinski definition) is 3. The fourth-order valence-corrected chi connectivity index (χ4v) is 3.06. The lowest BCUT2D eigenvalue weighted by Gasteiger charge is -2.22. The molecule has 0 saturated heterocycles. The number of ether oxygens (including phenoxy) is 2. The molecule has 1 aromatic carbocycles. The highest BCUT2D eigenvalue weighted by atomic mass is 19.4. The molecule has 1 N–H and O–H groups in total. The molecule has 2 unspecified atom stereocenters. The zero-order valence-corrected chi connectivity index (χ0v) is 15.6. The highest BCUT2D eigenvalue weighted by molar-refractivity contribution is 5.80. The number of alkyl halides is 3. The lowest BCUT2D eigenvalue weighted by molar-refractivity contribution is -0.274. The van der Waals surface area contributed by atoms with Gasteiger partial charge in [0, 0.05) is 39.2 Å². The van der Waals surface area contributed by atoms with E-state index in [9.17, 15) is 13.2 Å². The number of nitrogens with zero attached hydrogens (tertiary/aromatic N) is 2. The molecular weight excluding hydrogens is 359 g/mol. The largest absolute Gasteiger partial charge is 0.573 e. The van der Waals surface area contributed by atoms with Gasteiger partial charge in [-0.05, 0) is 36.8 Å². The molecule has 2 fully saturated rings. The maximum Gasteiger partial charge on any atom is 0.573 e. The Morgan fingerprint density at radius 2 is 2.04 bits per heavy atom. The summed E-state index contributed by atoms with van der Waals surface area (Å²) in [5.74, 6) is 1.29. The first-order valence-corrected chi connectivity index (χ1v) is 9.24. The molecule has 2 aliphatic rings. The Hall–Kier alpha value is -1.96. The number of benzene rings is 1. The van der Waals surface area contributed by atoms with Gasteiger partial charge >= 0.3 is 6.36 Å². The quantitative estimate of drug-likeness (QED) is 0.423. The number of guanidine groups is 1. The minimum atomic E-state index is -4.69. The second kappa shape index (κ2) is 8.37. The molecule has 0 radical (unpaired) electrons. The number of hydrogen-bond donors (Lipinski definition) is 1. The zero-order valence-electron chi connectivity index (χ0n) is 15.6. The predicted molar refractivity (Wildman–Crippen MR) is 96.9 cm³/mol. The monoisotopic (exact) mass is 385 g/mol. The molecule has 3 rings (SSSR count). The van der Waals surface area contributed by atoms with Gasteiger partial charge in [0.2, 0.25) is 0 Å². The lowest BCUT2D eigenvalue weighted by atomic mass is 10.1. The van der Waals surface area contributed by atoms with Crippen LogP contribution in [0.2, 0.25) is 0 Å². The molecule has 0 spiro atoms. The van der Waals surface area contributed by atoms with Crippen molar-refractivity contribution < 1.29 is 22.6 Å². The van der Waals surface area contributed by atoms with Crippen LogP contribution in [0.15, 0.2) is 29.3 Å². The van der Waals surface area contributed by atoms with Crippen LogP contribution in [0.5, 0.6) is 5.75 Å². The van der Waals surface area contributed by atoms with Crippen molar-refractivity contribution in [1.29, 1.82) is 0 Å². The topological polar surface area (TPSA) is 46.1 Å². The third-order valence-electron chi connectivity index (χ3n) is 4.84. The van der Waals surface area contributed by atoms with E-state index >= 15 is 0 Å². The van der Waals surface area contributed by atoms with Crippen LogP contribution >= 0.6 is 0 Å². The maximum absolute atomic E-state index is 12.6. The molecule has 2 atom stereocenters. The van der Waals surface area contributed by atoms with Gasteiger partial charge in [-0.15, -0.1) is 13.2 Å². The Morgan fingerprint density at radius 3 is 2.70 bits per heavy atom. The summed E-state index contributed by atoms with van der Waals surface area (Å²) < 4.78 is 47.6. The maximum atomic E-state index is 12.6. The lowest BCUT2D eigenvalue weighted by Crippen LogP contribution is -2.42. The molecule has 0 amide bonds. The second-order valence-corrected chi connectivity index (χ2v) is 7.17. The van der Waals surface area contributed by atoms with Gasteiger partial charge in [0.1, 0.15) is 5.75 Å². The van der Waals surface area contributed by atoms with E-state index < -0.39 is 6.36 Å².